The minimum absolute atomic E-state index is 0.000158. The van der Waals surface area contributed by atoms with Gasteiger partial charge in [-0.05, 0) is 68.6 Å². The van der Waals surface area contributed by atoms with Gasteiger partial charge in [0.2, 0.25) is 0 Å². The highest BCUT2D eigenvalue weighted by atomic mass is 19.1. The number of nitrogens with one attached hydrogen (secondary N) is 2. The van der Waals surface area contributed by atoms with Crippen molar-refractivity contribution in [3.63, 3.8) is 0 Å². The zero-order valence-corrected chi connectivity index (χ0v) is 15.5. The molecular weight excluding hydrogens is 331 g/mol. The molecular formula is C21H29FN2O2. The van der Waals surface area contributed by atoms with Crippen LogP contribution in [0.4, 0.5) is 9.18 Å². The van der Waals surface area contributed by atoms with E-state index in [-0.39, 0.29) is 29.5 Å². The van der Waals surface area contributed by atoms with Gasteiger partial charge in [0.1, 0.15) is 5.82 Å². The van der Waals surface area contributed by atoms with Gasteiger partial charge < -0.3 is 15.4 Å². The molecule has 1 heterocycles. The van der Waals surface area contributed by atoms with Gasteiger partial charge in [-0.3, -0.25) is 0 Å². The Morgan fingerprint density at radius 2 is 2.04 bits per heavy atom. The van der Waals surface area contributed by atoms with Gasteiger partial charge in [0.25, 0.3) is 0 Å². The Bertz CT molecular complexity index is 668. The predicted octanol–water partition coefficient (Wildman–Crippen LogP) is 4.38. The van der Waals surface area contributed by atoms with Gasteiger partial charge in [-0.2, -0.15) is 0 Å². The zero-order chi connectivity index (χ0) is 18.1. The molecule has 0 bridgehead atoms. The summed E-state index contributed by atoms with van der Waals surface area (Å²) in [7, 11) is 0. The Morgan fingerprint density at radius 3 is 2.73 bits per heavy atom. The second kappa shape index (κ2) is 7.18. The first-order chi connectivity index (χ1) is 12.5. The number of benzene rings is 1. The van der Waals surface area contributed by atoms with E-state index < -0.39 is 0 Å². The number of rotatable bonds is 4. The van der Waals surface area contributed by atoms with Crippen molar-refractivity contribution in [3.8, 4) is 0 Å². The molecule has 1 spiro atoms. The van der Waals surface area contributed by atoms with Crippen LogP contribution in [0.15, 0.2) is 18.2 Å². The van der Waals surface area contributed by atoms with Crippen molar-refractivity contribution in [2.45, 2.75) is 76.0 Å². The Hall–Kier alpha value is -1.62. The minimum atomic E-state index is -0.197. The average Bonchev–Trinajstić information content (AvgIpc) is 3.37. The lowest BCUT2D eigenvalue weighted by atomic mass is 9.89. The number of carbonyl (C=O) groups excluding carboxylic acids is 1. The number of urea groups is 1. The van der Waals surface area contributed by atoms with E-state index in [1.807, 2.05) is 6.07 Å². The summed E-state index contributed by atoms with van der Waals surface area (Å²) in [6, 6.07) is 5.20. The quantitative estimate of drug-likeness (QED) is 0.837. The van der Waals surface area contributed by atoms with E-state index in [2.05, 4.69) is 10.6 Å². The van der Waals surface area contributed by atoms with E-state index in [0.29, 0.717) is 11.5 Å². The monoisotopic (exact) mass is 360 g/mol. The standard InChI is InChI=1S/C21H29FN2O2/c1-14-12-16(6-7-18(14)22)19(15-4-5-15)24-20(25)23-17-8-11-26-21(13-17)9-2-3-10-21/h6-7,12,15,17,19H,2-5,8-11,13H2,1H3,(H2,23,24,25). The molecule has 5 heteroatoms. The Labute approximate surface area is 154 Å². The summed E-state index contributed by atoms with van der Waals surface area (Å²) < 4.78 is 19.6. The third-order valence-electron chi connectivity index (χ3n) is 6.26. The Kier molecular flexibility index (Phi) is 4.91. The summed E-state index contributed by atoms with van der Waals surface area (Å²) in [5.74, 6) is 0.262. The fourth-order valence-corrected chi connectivity index (χ4v) is 4.65. The van der Waals surface area contributed by atoms with Crippen LogP contribution in [-0.4, -0.2) is 24.3 Å². The van der Waals surface area contributed by atoms with Crippen LogP contribution >= 0.6 is 0 Å². The molecule has 4 nitrogen and oxygen atoms in total. The van der Waals surface area contributed by atoms with Gasteiger partial charge in [-0.25, -0.2) is 9.18 Å². The molecule has 2 unspecified atom stereocenters. The molecule has 0 radical (unpaired) electrons. The molecule has 2 amide bonds. The van der Waals surface area contributed by atoms with Crippen LogP contribution in [0.25, 0.3) is 0 Å². The van der Waals surface area contributed by atoms with Crippen molar-refractivity contribution >= 4 is 6.03 Å². The number of amides is 2. The van der Waals surface area contributed by atoms with Gasteiger partial charge in [-0.15, -0.1) is 0 Å². The number of hydrogen-bond acceptors (Lipinski definition) is 2. The van der Waals surface area contributed by atoms with Crippen LogP contribution in [-0.2, 0) is 4.74 Å². The van der Waals surface area contributed by atoms with E-state index in [1.54, 1.807) is 13.0 Å². The number of halogens is 1. The lowest BCUT2D eigenvalue weighted by molar-refractivity contribution is -0.0820. The van der Waals surface area contributed by atoms with E-state index in [0.717, 1.165) is 50.7 Å². The normalized spacial score (nSPS) is 25.8. The number of ether oxygens (including phenoxy) is 1. The maximum atomic E-state index is 13.6. The maximum absolute atomic E-state index is 13.6. The molecule has 26 heavy (non-hydrogen) atoms. The fourth-order valence-electron chi connectivity index (χ4n) is 4.65. The van der Waals surface area contributed by atoms with E-state index in [1.165, 1.54) is 18.9 Å². The maximum Gasteiger partial charge on any atom is 0.315 e. The molecule has 2 saturated carbocycles. The minimum Gasteiger partial charge on any atom is -0.375 e. The summed E-state index contributed by atoms with van der Waals surface area (Å²) in [4.78, 5) is 12.6. The van der Waals surface area contributed by atoms with E-state index in [4.69, 9.17) is 4.74 Å². The first-order valence-corrected chi connectivity index (χ1v) is 10.0. The van der Waals surface area contributed by atoms with Gasteiger partial charge in [0.15, 0.2) is 0 Å². The largest absolute Gasteiger partial charge is 0.375 e. The molecule has 1 aromatic carbocycles. The van der Waals surface area contributed by atoms with Crippen molar-refractivity contribution in [2.75, 3.05) is 6.61 Å². The van der Waals surface area contributed by atoms with Gasteiger partial charge >= 0.3 is 6.03 Å². The molecule has 2 atom stereocenters. The Balaban J connectivity index is 1.38. The third kappa shape index (κ3) is 3.88. The predicted molar refractivity (Wildman–Crippen MR) is 98.4 cm³/mol. The highest BCUT2D eigenvalue weighted by molar-refractivity contribution is 5.75. The first kappa shape index (κ1) is 17.8. The second-order valence-electron chi connectivity index (χ2n) is 8.37. The van der Waals surface area contributed by atoms with Crippen LogP contribution < -0.4 is 10.6 Å². The molecule has 4 rings (SSSR count). The Morgan fingerprint density at radius 1 is 1.27 bits per heavy atom. The molecule has 142 valence electrons. The average molecular weight is 360 g/mol. The summed E-state index contributed by atoms with van der Waals surface area (Å²) in [6.45, 7) is 2.50. The van der Waals surface area contributed by atoms with Crippen molar-refractivity contribution < 1.29 is 13.9 Å². The molecule has 1 saturated heterocycles. The molecule has 2 aliphatic carbocycles. The summed E-state index contributed by atoms with van der Waals surface area (Å²) in [5.41, 5.74) is 1.63. The van der Waals surface area contributed by atoms with Crippen molar-refractivity contribution in [2.24, 2.45) is 5.92 Å². The fraction of sp³-hybridized carbons (Fsp3) is 0.667. The van der Waals surface area contributed by atoms with Crippen LogP contribution in [0.1, 0.15) is 68.5 Å². The van der Waals surface area contributed by atoms with Crippen LogP contribution in [0.3, 0.4) is 0 Å². The number of hydrogen-bond donors (Lipinski definition) is 2. The van der Waals surface area contributed by atoms with E-state index in [9.17, 15) is 9.18 Å². The summed E-state index contributed by atoms with van der Waals surface area (Å²) in [5, 5.41) is 6.33. The third-order valence-corrected chi connectivity index (χ3v) is 6.26. The lowest BCUT2D eigenvalue weighted by Crippen LogP contribution is -2.50. The van der Waals surface area contributed by atoms with Gasteiger partial charge in [-0.1, -0.05) is 25.0 Å². The van der Waals surface area contributed by atoms with Crippen LogP contribution in [0.5, 0.6) is 0 Å². The molecule has 0 aromatic heterocycles. The molecule has 1 aliphatic heterocycles. The lowest BCUT2D eigenvalue weighted by Gasteiger charge is -2.38. The summed E-state index contributed by atoms with van der Waals surface area (Å²) >= 11 is 0. The number of aryl methyl sites for hydroxylation is 1. The van der Waals surface area contributed by atoms with Crippen LogP contribution in [0.2, 0.25) is 0 Å². The number of carbonyl (C=O) groups is 1. The molecule has 3 fully saturated rings. The highest BCUT2D eigenvalue weighted by Gasteiger charge is 2.40. The first-order valence-electron chi connectivity index (χ1n) is 10.0. The van der Waals surface area contributed by atoms with Crippen molar-refractivity contribution in [1.82, 2.24) is 10.6 Å². The highest BCUT2D eigenvalue weighted by Crippen LogP contribution is 2.42. The molecule has 1 aromatic rings. The molecule has 3 aliphatic rings. The van der Waals surface area contributed by atoms with E-state index >= 15 is 0 Å². The van der Waals surface area contributed by atoms with Gasteiger partial charge in [0, 0.05) is 12.6 Å². The van der Waals surface area contributed by atoms with Crippen molar-refractivity contribution in [1.29, 1.82) is 0 Å². The second-order valence-corrected chi connectivity index (χ2v) is 8.37. The van der Waals surface area contributed by atoms with Crippen molar-refractivity contribution in [3.05, 3.63) is 35.1 Å². The zero-order valence-electron chi connectivity index (χ0n) is 15.5. The topological polar surface area (TPSA) is 50.4 Å². The summed E-state index contributed by atoms with van der Waals surface area (Å²) in [6.07, 6.45) is 8.71. The molecule has 2 N–H and O–H groups in total. The smallest absolute Gasteiger partial charge is 0.315 e. The van der Waals surface area contributed by atoms with Crippen LogP contribution in [0, 0.1) is 18.7 Å². The SMILES string of the molecule is Cc1cc(C(NC(=O)NC2CCOC3(CCCC3)C2)C2CC2)ccc1F. The van der Waals surface area contributed by atoms with Gasteiger partial charge in [0.05, 0.1) is 11.6 Å².